The normalized spacial score (nSPS) is 21.4. The molecule has 1 aromatic carbocycles. The number of nitrogens with one attached hydrogen (secondary N) is 1. The number of H-pyrrole nitrogens is 1. The van der Waals surface area contributed by atoms with Gasteiger partial charge in [-0.05, 0) is 25.8 Å². The van der Waals surface area contributed by atoms with Gasteiger partial charge in [0.2, 0.25) is 0 Å². The maximum Gasteiger partial charge on any atom is 0.167 e. The van der Waals surface area contributed by atoms with E-state index < -0.39 is 5.82 Å². The van der Waals surface area contributed by atoms with Crippen molar-refractivity contribution in [2.24, 2.45) is 10.7 Å². The summed E-state index contributed by atoms with van der Waals surface area (Å²) in [5.74, 6) is 0.316. The molecular weight excluding hydrogens is 401 g/mol. The van der Waals surface area contributed by atoms with Crippen molar-refractivity contribution in [2.45, 2.75) is 31.5 Å². The van der Waals surface area contributed by atoms with Crippen molar-refractivity contribution in [3.8, 4) is 5.75 Å². The molecule has 2 fully saturated rings. The molecule has 1 aliphatic heterocycles. The molecule has 1 atom stereocenters. The molecule has 1 saturated carbocycles. The van der Waals surface area contributed by atoms with E-state index in [1.54, 1.807) is 19.3 Å². The molecule has 0 amide bonds. The van der Waals surface area contributed by atoms with Gasteiger partial charge in [-0.2, -0.15) is 5.10 Å². The van der Waals surface area contributed by atoms with Crippen LogP contribution in [-0.4, -0.2) is 65.9 Å². The van der Waals surface area contributed by atoms with Crippen LogP contribution in [0.15, 0.2) is 41.8 Å². The van der Waals surface area contributed by atoms with Crippen LogP contribution in [0.4, 0.5) is 4.39 Å². The van der Waals surface area contributed by atoms with E-state index in [0.29, 0.717) is 54.4 Å². The average molecular weight is 429 g/mol. The number of ether oxygens (including phenoxy) is 3. The van der Waals surface area contributed by atoms with Gasteiger partial charge in [-0.3, -0.25) is 10.1 Å². The molecule has 1 aromatic heterocycles. The van der Waals surface area contributed by atoms with Gasteiger partial charge in [0, 0.05) is 43.9 Å². The molecule has 1 aliphatic carbocycles. The molecule has 31 heavy (non-hydrogen) atoms. The molecule has 8 nitrogen and oxygen atoms in total. The predicted molar refractivity (Wildman–Crippen MR) is 117 cm³/mol. The minimum absolute atomic E-state index is 0.0526. The number of aromatic nitrogens is 2. The smallest absolute Gasteiger partial charge is 0.167 e. The van der Waals surface area contributed by atoms with E-state index in [2.05, 4.69) is 21.8 Å². The lowest BCUT2D eigenvalue weighted by molar-refractivity contribution is -0.0524. The van der Waals surface area contributed by atoms with Crippen molar-refractivity contribution in [3.05, 3.63) is 48.3 Å². The molecule has 0 radical (unpaired) electrons. The summed E-state index contributed by atoms with van der Waals surface area (Å²) in [6, 6.07) is 3.06. The van der Waals surface area contributed by atoms with E-state index in [1.807, 2.05) is 11.8 Å². The lowest BCUT2D eigenvalue weighted by atomic mass is 10.1. The van der Waals surface area contributed by atoms with Gasteiger partial charge in [0.15, 0.2) is 11.6 Å². The molecule has 3 N–H and O–H groups in total. The van der Waals surface area contributed by atoms with Crippen molar-refractivity contribution in [1.29, 1.82) is 0 Å². The number of methoxy groups -OCH3 is 1. The Hall–Kier alpha value is -2.91. The molecule has 1 saturated heterocycles. The van der Waals surface area contributed by atoms with Gasteiger partial charge in [0.05, 0.1) is 30.5 Å². The van der Waals surface area contributed by atoms with E-state index in [9.17, 15) is 4.39 Å². The Bertz CT molecular complexity index is 1030. The summed E-state index contributed by atoms with van der Waals surface area (Å²) in [5, 5.41) is 7.93. The Balaban J connectivity index is 1.65. The Morgan fingerprint density at radius 1 is 1.52 bits per heavy atom. The van der Waals surface area contributed by atoms with Gasteiger partial charge >= 0.3 is 0 Å². The fourth-order valence-electron chi connectivity index (χ4n) is 3.57. The molecule has 0 bridgehead atoms. The predicted octanol–water partition coefficient (Wildman–Crippen LogP) is 2.71. The minimum atomic E-state index is -0.425. The molecular formula is C22H28FN5O3. The number of halogens is 1. The van der Waals surface area contributed by atoms with Crippen LogP contribution in [0.5, 0.6) is 5.75 Å². The van der Waals surface area contributed by atoms with Crippen LogP contribution in [0.1, 0.15) is 25.5 Å². The first-order valence-electron chi connectivity index (χ1n) is 10.3. The van der Waals surface area contributed by atoms with E-state index in [0.717, 1.165) is 12.8 Å². The third-order valence-corrected chi connectivity index (χ3v) is 5.54. The van der Waals surface area contributed by atoms with Gasteiger partial charge in [-0.15, -0.1) is 0 Å². The maximum absolute atomic E-state index is 14.5. The van der Waals surface area contributed by atoms with Gasteiger partial charge in [-0.25, -0.2) is 4.39 Å². The molecule has 9 heteroatoms. The van der Waals surface area contributed by atoms with E-state index >= 15 is 0 Å². The summed E-state index contributed by atoms with van der Waals surface area (Å²) in [7, 11) is 1.64. The zero-order valence-corrected chi connectivity index (χ0v) is 17.9. The average Bonchev–Trinajstić information content (AvgIpc) is 3.33. The summed E-state index contributed by atoms with van der Waals surface area (Å²) in [5.41, 5.74) is 7.71. The Labute approximate surface area is 180 Å². The maximum atomic E-state index is 14.5. The summed E-state index contributed by atoms with van der Waals surface area (Å²) in [6.07, 6.45) is 4.95. The standard InChI is InChI=1S/C22H28FN5O3/c1-4-25-18(11-20(24)28-7-8-30-14(12-28)13-29-3)21-15-9-19(31-22(2)5-6-22)16(23)10-17(15)26-27-21/h4,9-11,14H,1,5-8,12-13,24H2,2-3H3,(H,26,27)/b20-11+,25-18+. The van der Waals surface area contributed by atoms with Crippen molar-refractivity contribution in [2.75, 3.05) is 33.4 Å². The largest absolute Gasteiger partial charge is 0.484 e. The lowest BCUT2D eigenvalue weighted by Gasteiger charge is -2.34. The van der Waals surface area contributed by atoms with E-state index in [4.69, 9.17) is 19.9 Å². The monoisotopic (exact) mass is 429 g/mol. The summed E-state index contributed by atoms with van der Waals surface area (Å²) < 4.78 is 31.3. The van der Waals surface area contributed by atoms with Crippen LogP contribution in [0.3, 0.4) is 0 Å². The second-order valence-electron chi connectivity index (χ2n) is 8.11. The van der Waals surface area contributed by atoms with Gasteiger partial charge in [0.25, 0.3) is 0 Å². The van der Waals surface area contributed by atoms with Crippen LogP contribution in [0.2, 0.25) is 0 Å². The molecule has 2 aliphatic rings. The first-order chi connectivity index (χ1) is 14.9. The SMILES string of the molecule is C=C/N=C(\C=C(/N)N1CCOC(COC)C1)c1n[nH]c2cc(F)c(OC3(C)CC3)cc12. The highest BCUT2D eigenvalue weighted by atomic mass is 19.1. The van der Waals surface area contributed by atoms with E-state index in [-0.39, 0.29) is 17.5 Å². The summed E-state index contributed by atoms with van der Waals surface area (Å²) in [4.78, 5) is 6.39. The van der Waals surface area contributed by atoms with Crippen LogP contribution >= 0.6 is 0 Å². The third kappa shape index (κ3) is 4.72. The number of hydrogen-bond donors (Lipinski definition) is 2. The molecule has 166 valence electrons. The zero-order valence-electron chi connectivity index (χ0n) is 17.9. The number of hydrogen-bond acceptors (Lipinski definition) is 7. The third-order valence-electron chi connectivity index (χ3n) is 5.54. The van der Waals surface area contributed by atoms with Gasteiger partial charge < -0.3 is 24.8 Å². The molecule has 0 spiro atoms. The Morgan fingerprint density at radius 3 is 3.03 bits per heavy atom. The number of benzene rings is 1. The van der Waals surface area contributed by atoms with Crippen molar-refractivity contribution in [3.63, 3.8) is 0 Å². The first kappa shape index (κ1) is 21.3. The van der Waals surface area contributed by atoms with E-state index in [1.165, 1.54) is 12.3 Å². The van der Waals surface area contributed by atoms with Gasteiger partial charge in [-0.1, -0.05) is 6.58 Å². The summed E-state index contributed by atoms with van der Waals surface area (Å²) in [6.45, 7) is 8.00. The highest BCUT2D eigenvalue weighted by molar-refractivity contribution is 6.15. The minimum Gasteiger partial charge on any atom is -0.484 e. The van der Waals surface area contributed by atoms with Crippen LogP contribution < -0.4 is 10.5 Å². The second kappa shape index (κ2) is 8.68. The number of aliphatic imine (C=N–C) groups is 1. The Morgan fingerprint density at radius 2 is 2.32 bits per heavy atom. The number of fused-ring (bicyclic) bond motifs is 1. The number of aromatic amines is 1. The van der Waals surface area contributed by atoms with Crippen molar-refractivity contribution >= 4 is 16.6 Å². The van der Waals surface area contributed by atoms with Crippen LogP contribution in [0.25, 0.3) is 10.9 Å². The van der Waals surface area contributed by atoms with Crippen LogP contribution in [-0.2, 0) is 9.47 Å². The second-order valence-corrected chi connectivity index (χ2v) is 8.11. The summed E-state index contributed by atoms with van der Waals surface area (Å²) >= 11 is 0. The van der Waals surface area contributed by atoms with Crippen molar-refractivity contribution < 1.29 is 18.6 Å². The fraction of sp³-hybridized carbons (Fsp3) is 0.455. The number of nitrogens with two attached hydrogens (primary N) is 1. The zero-order chi connectivity index (χ0) is 22.0. The lowest BCUT2D eigenvalue weighted by Crippen LogP contribution is -2.45. The molecule has 4 rings (SSSR count). The number of rotatable bonds is 8. The number of allylic oxidation sites excluding steroid dienone is 1. The highest BCUT2D eigenvalue weighted by Crippen LogP contribution is 2.41. The number of morpholine rings is 1. The number of nitrogens with zero attached hydrogens (tertiary/aromatic N) is 3. The van der Waals surface area contributed by atoms with Gasteiger partial charge in [0.1, 0.15) is 17.1 Å². The fourth-order valence-corrected chi connectivity index (χ4v) is 3.57. The molecule has 2 heterocycles. The van der Waals surface area contributed by atoms with Crippen LogP contribution in [0, 0.1) is 5.82 Å². The quantitative estimate of drug-likeness (QED) is 0.626. The topological polar surface area (TPSA) is 98.0 Å². The molecule has 2 aromatic rings. The first-order valence-corrected chi connectivity index (χ1v) is 10.3. The Kier molecular flexibility index (Phi) is 5.97. The molecule has 1 unspecified atom stereocenters. The highest BCUT2D eigenvalue weighted by Gasteiger charge is 2.40. The van der Waals surface area contributed by atoms with Crippen molar-refractivity contribution in [1.82, 2.24) is 15.1 Å².